The van der Waals surface area contributed by atoms with Gasteiger partial charge in [0.05, 0.1) is 10.1 Å². The van der Waals surface area contributed by atoms with Crippen molar-refractivity contribution in [2.75, 3.05) is 5.75 Å². The number of H-pyrrole nitrogens is 1. The average Bonchev–Trinajstić information content (AvgIpc) is 2.44. The highest BCUT2D eigenvalue weighted by atomic mass is 32.2. The van der Waals surface area contributed by atoms with Gasteiger partial charge in [0.1, 0.15) is 6.54 Å². The Morgan fingerprint density at radius 1 is 1.00 bits per heavy atom. The highest BCUT2D eigenvalue weighted by molar-refractivity contribution is 7.85. The average molecular weight is 293 g/mol. The van der Waals surface area contributed by atoms with Crippen molar-refractivity contribution in [3.05, 3.63) is 49.1 Å². The predicted octanol–water partition coefficient (Wildman–Crippen LogP) is 0.781. The molecule has 2 heterocycles. The van der Waals surface area contributed by atoms with E-state index in [0.29, 0.717) is 19.4 Å². The standard InChI is InChI=1S/C14H16N2O3S/c17-20(18,19)12-2-1-9-16-10-5-14(6-11-16)13-3-7-15-8-4-13/h3-8,10-11H,1-2,9,12H2/p+1. The van der Waals surface area contributed by atoms with Crippen molar-refractivity contribution in [3.63, 3.8) is 0 Å². The zero-order valence-electron chi connectivity index (χ0n) is 11.0. The van der Waals surface area contributed by atoms with Crippen LogP contribution >= 0.6 is 0 Å². The third-order valence-electron chi connectivity index (χ3n) is 3.00. The maximum Gasteiger partial charge on any atom is 0.169 e. The molecule has 2 rings (SSSR count). The molecule has 0 saturated heterocycles. The van der Waals surface area contributed by atoms with Gasteiger partial charge in [-0.05, 0) is 17.5 Å². The van der Waals surface area contributed by atoms with E-state index in [1.54, 1.807) is 0 Å². The van der Waals surface area contributed by atoms with Gasteiger partial charge in [-0.1, -0.05) is 0 Å². The molecule has 2 aromatic heterocycles. The Hall–Kier alpha value is -1.79. The van der Waals surface area contributed by atoms with E-state index < -0.39 is 10.1 Å². The van der Waals surface area contributed by atoms with Crippen molar-refractivity contribution in [1.29, 1.82) is 0 Å². The third kappa shape index (κ3) is 4.71. The van der Waals surface area contributed by atoms with Crippen LogP contribution in [0.2, 0.25) is 0 Å². The SMILES string of the molecule is O=S(=O)([O-])CCCC[n+]1ccc(-c2cc[nH+]cc2)cc1. The zero-order chi connectivity index (χ0) is 14.4. The third-order valence-corrected chi connectivity index (χ3v) is 3.79. The number of aromatic amines is 1. The first kappa shape index (κ1) is 14.6. The van der Waals surface area contributed by atoms with Crippen LogP contribution in [0.5, 0.6) is 0 Å². The summed E-state index contributed by atoms with van der Waals surface area (Å²) in [7, 11) is -4.08. The van der Waals surface area contributed by atoms with E-state index in [2.05, 4.69) is 4.98 Å². The molecule has 0 fully saturated rings. The van der Waals surface area contributed by atoms with Crippen LogP contribution < -0.4 is 9.55 Å². The molecule has 20 heavy (non-hydrogen) atoms. The van der Waals surface area contributed by atoms with Crippen LogP contribution in [0.3, 0.4) is 0 Å². The van der Waals surface area contributed by atoms with Crippen LogP contribution in [0.1, 0.15) is 12.8 Å². The molecule has 0 atom stereocenters. The predicted molar refractivity (Wildman–Crippen MR) is 72.4 cm³/mol. The monoisotopic (exact) mass is 293 g/mol. The molecule has 0 saturated carbocycles. The number of pyridine rings is 2. The van der Waals surface area contributed by atoms with Gasteiger partial charge in [0.2, 0.25) is 0 Å². The molecule has 6 heteroatoms. The van der Waals surface area contributed by atoms with Gasteiger partial charge in [-0.2, -0.15) is 0 Å². The van der Waals surface area contributed by atoms with Crippen molar-refractivity contribution in [2.24, 2.45) is 0 Å². The Morgan fingerprint density at radius 2 is 1.60 bits per heavy atom. The second kappa shape index (κ2) is 6.58. The summed E-state index contributed by atoms with van der Waals surface area (Å²) in [4.78, 5) is 2.98. The Morgan fingerprint density at radius 3 is 2.20 bits per heavy atom. The fourth-order valence-electron chi connectivity index (χ4n) is 1.95. The first-order valence-electron chi connectivity index (χ1n) is 6.44. The lowest BCUT2D eigenvalue weighted by atomic mass is 10.1. The molecular weight excluding hydrogens is 276 g/mol. The highest BCUT2D eigenvalue weighted by Gasteiger charge is 2.04. The summed E-state index contributed by atoms with van der Waals surface area (Å²) in [6.45, 7) is 0.707. The second-order valence-corrected chi connectivity index (χ2v) is 6.11. The minimum atomic E-state index is -4.08. The lowest BCUT2D eigenvalue weighted by Crippen LogP contribution is -2.32. The summed E-state index contributed by atoms with van der Waals surface area (Å²) < 4.78 is 33.4. The summed E-state index contributed by atoms with van der Waals surface area (Å²) in [6, 6.07) is 8.02. The van der Waals surface area contributed by atoms with Crippen LogP contribution in [0.25, 0.3) is 11.1 Å². The largest absolute Gasteiger partial charge is 0.748 e. The molecule has 0 spiro atoms. The lowest BCUT2D eigenvalue weighted by Gasteiger charge is -2.04. The van der Waals surface area contributed by atoms with E-state index in [1.165, 1.54) is 0 Å². The molecule has 0 amide bonds. The van der Waals surface area contributed by atoms with Crippen molar-refractivity contribution in [2.45, 2.75) is 19.4 Å². The van der Waals surface area contributed by atoms with Crippen LogP contribution in [0, 0.1) is 0 Å². The highest BCUT2D eigenvalue weighted by Crippen LogP contribution is 2.15. The van der Waals surface area contributed by atoms with Gasteiger partial charge >= 0.3 is 0 Å². The molecule has 2 aromatic rings. The molecular formula is C14H17N2O3S+. The molecule has 106 valence electrons. The zero-order valence-corrected chi connectivity index (χ0v) is 11.8. The second-order valence-electron chi connectivity index (χ2n) is 4.58. The number of rotatable bonds is 6. The minimum absolute atomic E-state index is 0.286. The van der Waals surface area contributed by atoms with Gasteiger partial charge < -0.3 is 4.55 Å². The summed E-state index contributed by atoms with van der Waals surface area (Å²) in [5, 5.41) is 0. The maximum absolute atomic E-state index is 10.5. The number of hydrogen-bond acceptors (Lipinski definition) is 3. The van der Waals surface area contributed by atoms with E-state index in [4.69, 9.17) is 0 Å². The minimum Gasteiger partial charge on any atom is -0.748 e. The normalized spacial score (nSPS) is 11.4. The van der Waals surface area contributed by atoms with Gasteiger partial charge in [0, 0.05) is 36.4 Å². The molecule has 5 nitrogen and oxygen atoms in total. The lowest BCUT2D eigenvalue weighted by molar-refractivity contribution is -0.697. The van der Waals surface area contributed by atoms with Crippen molar-refractivity contribution in [3.8, 4) is 11.1 Å². The van der Waals surface area contributed by atoms with Gasteiger partial charge in [-0.3, -0.25) is 0 Å². The molecule has 0 unspecified atom stereocenters. The molecule has 0 bridgehead atoms. The van der Waals surface area contributed by atoms with Crippen LogP contribution in [0.4, 0.5) is 0 Å². The van der Waals surface area contributed by atoms with E-state index in [1.807, 2.05) is 53.6 Å². The van der Waals surface area contributed by atoms with Gasteiger partial charge in [-0.15, -0.1) is 0 Å². The van der Waals surface area contributed by atoms with Crippen molar-refractivity contribution >= 4 is 10.1 Å². The molecule has 1 N–H and O–H groups in total. The summed E-state index contributed by atoms with van der Waals surface area (Å²) in [5.41, 5.74) is 2.26. The topological polar surface area (TPSA) is 75.2 Å². The Labute approximate surface area is 118 Å². The van der Waals surface area contributed by atoms with E-state index in [0.717, 1.165) is 11.1 Å². The number of unbranched alkanes of at least 4 members (excludes halogenated alkanes) is 1. The summed E-state index contributed by atoms with van der Waals surface area (Å²) in [5.74, 6) is -0.286. The molecule has 0 aliphatic carbocycles. The van der Waals surface area contributed by atoms with Gasteiger partial charge in [-0.25, -0.2) is 18.0 Å². The quantitative estimate of drug-likeness (QED) is 0.449. The number of nitrogens with one attached hydrogen (secondary N) is 1. The Kier molecular flexibility index (Phi) is 4.81. The van der Waals surface area contributed by atoms with Crippen LogP contribution in [-0.4, -0.2) is 18.7 Å². The molecule has 0 aromatic carbocycles. The summed E-state index contributed by atoms with van der Waals surface area (Å²) in [6.07, 6.45) is 8.73. The van der Waals surface area contributed by atoms with E-state index in [9.17, 15) is 13.0 Å². The van der Waals surface area contributed by atoms with Crippen LogP contribution in [-0.2, 0) is 16.7 Å². The van der Waals surface area contributed by atoms with Crippen molar-refractivity contribution < 1.29 is 22.5 Å². The first-order chi connectivity index (χ1) is 9.54. The van der Waals surface area contributed by atoms with E-state index >= 15 is 0 Å². The number of nitrogens with zero attached hydrogens (tertiary/aromatic N) is 1. The van der Waals surface area contributed by atoms with Gasteiger partial charge in [0.15, 0.2) is 24.8 Å². The first-order valence-corrected chi connectivity index (χ1v) is 8.01. The number of aryl methyl sites for hydroxylation is 1. The number of aromatic nitrogens is 2. The maximum atomic E-state index is 10.5. The Bertz CT molecular complexity index is 640. The van der Waals surface area contributed by atoms with E-state index in [-0.39, 0.29) is 5.75 Å². The molecule has 0 radical (unpaired) electrons. The van der Waals surface area contributed by atoms with Crippen LogP contribution in [0.15, 0.2) is 49.1 Å². The van der Waals surface area contributed by atoms with Crippen molar-refractivity contribution in [1.82, 2.24) is 0 Å². The Balaban J connectivity index is 1.89. The summed E-state index contributed by atoms with van der Waals surface area (Å²) >= 11 is 0. The fourth-order valence-corrected chi connectivity index (χ4v) is 2.51. The number of hydrogen-bond donors (Lipinski definition) is 0. The molecule has 0 aliphatic rings. The fraction of sp³-hybridized carbons (Fsp3) is 0.286. The molecule has 0 aliphatic heterocycles. The van der Waals surface area contributed by atoms with Gasteiger partial charge in [0.25, 0.3) is 0 Å². The smallest absolute Gasteiger partial charge is 0.169 e.